The summed E-state index contributed by atoms with van der Waals surface area (Å²) in [6.07, 6.45) is 0. The number of esters is 1. The summed E-state index contributed by atoms with van der Waals surface area (Å²) in [7, 11) is 0. The summed E-state index contributed by atoms with van der Waals surface area (Å²) in [5.74, 6) is -1.32. The van der Waals surface area contributed by atoms with E-state index in [1.54, 1.807) is 31.7 Å². The minimum atomic E-state index is -0.722. The van der Waals surface area contributed by atoms with E-state index in [2.05, 4.69) is 5.32 Å². The summed E-state index contributed by atoms with van der Waals surface area (Å²) in [6.45, 7) is 6.48. The molecule has 1 N–H and O–H groups in total. The molecular formula is C15H19FN2O3. The van der Waals surface area contributed by atoms with E-state index in [4.69, 9.17) is 4.74 Å². The Morgan fingerprint density at radius 3 is 2.76 bits per heavy atom. The number of nitrogens with zero attached hydrogens (tertiary/aromatic N) is 1. The van der Waals surface area contributed by atoms with Gasteiger partial charge in [0.05, 0.1) is 11.1 Å². The van der Waals surface area contributed by atoms with Gasteiger partial charge in [-0.1, -0.05) is 6.07 Å². The highest BCUT2D eigenvalue weighted by molar-refractivity contribution is 5.89. The Morgan fingerprint density at radius 2 is 2.19 bits per heavy atom. The summed E-state index contributed by atoms with van der Waals surface area (Å²) in [4.78, 5) is 25.2. The van der Waals surface area contributed by atoms with Crippen LogP contribution >= 0.6 is 0 Å². The number of ether oxygens (including phenoxy) is 1. The van der Waals surface area contributed by atoms with E-state index < -0.39 is 17.3 Å². The number of nitrogens with one attached hydrogen (secondary N) is 1. The van der Waals surface area contributed by atoms with E-state index >= 15 is 0 Å². The van der Waals surface area contributed by atoms with Crippen molar-refractivity contribution in [2.24, 2.45) is 0 Å². The molecule has 0 unspecified atom stereocenters. The van der Waals surface area contributed by atoms with E-state index in [-0.39, 0.29) is 18.2 Å². The van der Waals surface area contributed by atoms with Crippen molar-refractivity contribution in [1.29, 1.82) is 0 Å². The Bertz CT molecular complexity index is 572. The quantitative estimate of drug-likeness (QED) is 0.865. The number of hydrogen-bond acceptors (Lipinski definition) is 3. The van der Waals surface area contributed by atoms with Gasteiger partial charge in [0.2, 0.25) is 0 Å². The van der Waals surface area contributed by atoms with Crippen molar-refractivity contribution in [3.05, 3.63) is 35.1 Å². The fourth-order valence-corrected chi connectivity index (χ4v) is 2.23. The number of rotatable bonds is 4. The highest BCUT2D eigenvalue weighted by atomic mass is 19.1. The topological polar surface area (TPSA) is 58.6 Å². The van der Waals surface area contributed by atoms with Gasteiger partial charge in [-0.2, -0.15) is 0 Å². The standard InChI is InChI=1S/C15H19FN2O3/c1-10-4-5-11(12(16)8-10)13(19)21-9-15(2,3)18-7-6-17-14(18)20/h4-5,8H,6-7,9H2,1-3H3,(H,17,20). The zero-order chi connectivity index (χ0) is 15.6. The maximum Gasteiger partial charge on any atom is 0.341 e. The molecule has 1 fully saturated rings. The van der Waals surface area contributed by atoms with Gasteiger partial charge in [-0.25, -0.2) is 14.0 Å². The third kappa shape index (κ3) is 3.32. The normalized spacial score (nSPS) is 15.0. The first-order valence-electron chi connectivity index (χ1n) is 6.80. The average molecular weight is 294 g/mol. The largest absolute Gasteiger partial charge is 0.460 e. The molecule has 21 heavy (non-hydrogen) atoms. The molecule has 6 heteroatoms. The van der Waals surface area contributed by atoms with Crippen LogP contribution in [-0.4, -0.2) is 42.1 Å². The van der Waals surface area contributed by atoms with Gasteiger partial charge in [0.1, 0.15) is 12.4 Å². The van der Waals surface area contributed by atoms with Crippen LogP contribution in [0.5, 0.6) is 0 Å². The molecule has 1 heterocycles. The minimum Gasteiger partial charge on any atom is -0.460 e. The van der Waals surface area contributed by atoms with Crippen LogP contribution in [0.3, 0.4) is 0 Å². The molecule has 0 aromatic heterocycles. The van der Waals surface area contributed by atoms with Crippen molar-refractivity contribution in [2.75, 3.05) is 19.7 Å². The summed E-state index contributed by atoms with van der Waals surface area (Å²) in [5.41, 5.74) is -0.00220. The fraction of sp³-hybridized carbons (Fsp3) is 0.467. The Hall–Kier alpha value is -2.11. The maximum absolute atomic E-state index is 13.7. The van der Waals surface area contributed by atoms with E-state index in [1.807, 2.05) is 0 Å². The average Bonchev–Trinajstić information content (AvgIpc) is 2.83. The van der Waals surface area contributed by atoms with Crippen molar-refractivity contribution in [3.8, 4) is 0 Å². The molecular weight excluding hydrogens is 275 g/mol. The lowest BCUT2D eigenvalue weighted by atomic mass is 10.1. The molecule has 1 saturated heterocycles. The Balaban J connectivity index is 2.01. The molecule has 5 nitrogen and oxygen atoms in total. The van der Waals surface area contributed by atoms with Gasteiger partial charge in [-0.3, -0.25) is 0 Å². The molecule has 1 aromatic carbocycles. The van der Waals surface area contributed by atoms with Crippen molar-refractivity contribution in [1.82, 2.24) is 10.2 Å². The first-order valence-corrected chi connectivity index (χ1v) is 6.80. The molecule has 1 aliphatic heterocycles. The predicted octanol–water partition coefficient (Wildman–Crippen LogP) is 2.09. The number of carbonyl (C=O) groups is 2. The van der Waals surface area contributed by atoms with Crippen molar-refractivity contribution >= 4 is 12.0 Å². The molecule has 114 valence electrons. The lowest BCUT2D eigenvalue weighted by Gasteiger charge is -2.33. The Morgan fingerprint density at radius 1 is 1.48 bits per heavy atom. The van der Waals surface area contributed by atoms with Crippen LogP contribution in [0.1, 0.15) is 29.8 Å². The lowest BCUT2D eigenvalue weighted by Crippen LogP contribution is -2.49. The van der Waals surface area contributed by atoms with Gasteiger partial charge in [-0.15, -0.1) is 0 Å². The number of hydrogen-bond donors (Lipinski definition) is 1. The van der Waals surface area contributed by atoms with Crippen LogP contribution in [0, 0.1) is 12.7 Å². The number of halogens is 1. The highest BCUT2D eigenvalue weighted by Gasteiger charge is 2.35. The van der Waals surface area contributed by atoms with E-state index in [0.717, 1.165) is 5.56 Å². The second kappa shape index (κ2) is 5.71. The number of carbonyl (C=O) groups excluding carboxylic acids is 2. The van der Waals surface area contributed by atoms with Gasteiger partial charge in [0.25, 0.3) is 0 Å². The lowest BCUT2D eigenvalue weighted by molar-refractivity contribution is 0.0259. The van der Waals surface area contributed by atoms with E-state index in [0.29, 0.717) is 13.1 Å². The highest BCUT2D eigenvalue weighted by Crippen LogP contribution is 2.19. The van der Waals surface area contributed by atoms with Crippen LogP contribution in [0.15, 0.2) is 18.2 Å². The Kier molecular flexibility index (Phi) is 4.16. The van der Waals surface area contributed by atoms with Gasteiger partial charge in [-0.05, 0) is 38.5 Å². The molecule has 1 aliphatic rings. The SMILES string of the molecule is Cc1ccc(C(=O)OCC(C)(C)N2CCNC2=O)c(F)c1. The molecule has 2 rings (SSSR count). The van der Waals surface area contributed by atoms with Gasteiger partial charge >= 0.3 is 12.0 Å². The zero-order valence-corrected chi connectivity index (χ0v) is 12.4. The number of amides is 2. The number of aryl methyl sites for hydroxylation is 1. The Labute approximate surface area is 123 Å². The number of benzene rings is 1. The zero-order valence-electron chi connectivity index (χ0n) is 12.4. The summed E-state index contributed by atoms with van der Waals surface area (Å²) >= 11 is 0. The van der Waals surface area contributed by atoms with Crippen LogP contribution in [-0.2, 0) is 4.74 Å². The van der Waals surface area contributed by atoms with Crippen molar-refractivity contribution < 1.29 is 18.7 Å². The fourth-order valence-electron chi connectivity index (χ4n) is 2.23. The summed E-state index contributed by atoms with van der Waals surface area (Å²) in [6, 6.07) is 4.16. The van der Waals surface area contributed by atoms with Gasteiger partial charge < -0.3 is 15.0 Å². The van der Waals surface area contributed by atoms with Crippen LogP contribution in [0.4, 0.5) is 9.18 Å². The third-order valence-corrected chi connectivity index (χ3v) is 3.49. The van der Waals surface area contributed by atoms with Crippen LogP contribution in [0.2, 0.25) is 0 Å². The van der Waals surface area contributed by atoms with Crippen LogP contribution < -0.4 is 5.32 Å². The van der Waals surface area contributed by atoms with Crippen LogP contribution in [0.25, 0.3) is 0 Å². The minimum absolute atomic E-state index is 0.00652. The molecule has 0 aliphatic carbocycles. The second-order valence-corrected chi connectivity index (χ2v) is 5.76. The van der Waals surface area contributed by atoms with Gasteiger partial charge in [0.15, 0.2) is 0 Å². The van der Waals surface area contributed by atoms with Gasteiger partial charge in [0, 0.05) is 13.1 Å². The van der Waals surface area contributed by atoms with E-state index in [9.17, 15) is 14.0 Å². The van der Waals surface area contributed by atoms with Crippen molar-refractivity contribution in [2.45, 2.75) is 26.3 Å². The number of urea groups is 1. The second-order valence-electron chi connectivity index (χ2n) is 5.76. The first-order chi connectivity index (χ1) is 9.81. The molecule has 0 radical (unpaired) electrons. The molecule has 0 spiro atoms. The molecule has 1 aromatic rings. The molecule has 0 bridgehead atoms. The van der Waals surface area contributed by atoms with E-state index in [1.165, 1.54) is 12.1 Å². The maximum atomic E-state index is 13.7. The monoisotopic (exact) mass is 294 g/mol. The summed E-state index contributed by atoms with van der Waals surface area (Å²) < 4.78 is 18.9. The third-order valence-electron chi connectivity index (χ3n) is 3.49. The summed E-state index contributed by atoms with van der Waals surface area (Å²) in [5, 5.41) is 2.70. The molecule has 2 amide bonds. The smallest absolute Gasteiger partial charge is 0.341 e. The molecule has 0 saturated carbocycles. The first kappa shape index (κ1) is 15.3. The van der Waals surface area contributed by atoms with Crippen molar-refractivity contribution in [3.63, 3.8) is 0 Å². The predicted molar refractivity (Wildman–Crippen MR) is 75.6 cm³/mol. The molecule has 0 atom stereocenters.